The van der Waals surface area contributed by atoms with Crippen molar-refractivity contribution in [1.82, 2.24) is 15.3 Å². The molecule has 1 aliphatic rings. The fourth-order valence-corrected chi connectivity index (χ4v) is 4.88. The number of rotatable bonds is 3. The van der Waals surface area contributed by atoms with Crippen LogP contribution in [0.3, 0.4) is 0 Å². The lowest BCUT2D eigenvalue weighted by Gasteiger charge is -2.24. The molecular weight excluding hydrogens is 328 g/mol. The topological polar surface area (TPSA) is 115 Å². The summed E-state index contributed by atoms with van der Waals surface area (Å²) in [6.07, 6.45) is 3.60. The summed E-state index contributed by atoms with van der Waals surface area (Å²) >= 11 is 0. The number of sulfone groups is 1. The number of amides is 1. The van der Waals surface area contributed by atoms with Crippen LogP contribution in [0.5, 0.6) is 0 Å². The van der Waals surface area contributed by atoms with Crippen molar-refractivity contribution in [2.75, 3.05) is 17.2 Å². The van der Waals surface area contributed by atoms with Crippen molar-refractivity contribution in [3.63, 3.8) is 0 Å². The molecule has 24 heavy (non-hydrogen) atoms. The molecule has 7 nitrogen and oxygen atoms in total. The first-order valence-corrected chi connectivity index (χ1v) is 9.29. The smallest absolute Gasteiger partial charge is 0.251 e. The van der Waals surface area contributed by atoms with Gasteiger partial charge in [-0.1, -0.05) is 12.1 Å². The van der Waals surface area contributed by atoms with E-state index in [1.165, 1.54) is 0 Å². The molecule has 8 heteroatoms. The number of nitrogen functional groups attached to an aromatic ring is 1. The van der Waals surface area contributed by atoms with Gasteiger partial charge in [0.25, 0.3) is 5.91 Å². The average molecular weight is 346 g/mol. The predicted octanol–water partition coefficient (Wildman–Crippen LogP) is 1.03. The van der Waals surface area contributed by atoms with Crippen LogP contribution in [0, 0.1) is 0 Å². The second-order valence-electron chi connectivity index (χ2n) is 6.27. The number of aromatic nitrogens is 2. The highest BCUT2D eigenvalue weighted by Crippen LogP contribution is 2.24. The largest absolute Gasteiger partial charge is 0.368 e. The molecule has 0 radical (unpaired) electrons. The molecule has 0 spiro atoms. The highest BCUT2D eigenvalue weighted by atomic mass is 32.2. The van der Waals surface area contributed by atoms with Crippen LogP contribution in [0.1, 0.15) is 23.7 Å². The Labute approximate surface area is 140 Å². The SMILES string of the molecule is C[C@]1(NC(=O)c2cccc(-c3cnc(N)nc3)c2)CCS(=O)(=O)C1. The number of nitrogens with one attached hydrogen (secondary N) is 1. The minimum Gasteiger partial charge on any atom is -0.368 e. The first kappa shape index (κ1) is 16.4. The van der Waals surface area contributed by atoms with E-state index in [1.807, 2.05) is 6.07 Å². The molecule has 0 bridgehead atoms. The molecular formula is C16H18N4O3S. The Kier molecular flexibility index (Phi) is 4.00. The maximum atomic E-state index is 12.5. The number of nitrogens with zero attached hydrogens (tertiary/aromatic N) is 2. The van der Waals surface area contributed by atoms with Crippen molar-refractivity contribution >= 4 is 21.7 Å². The van der Waals surface area contributed by atoms with Crippen LogP contribution in [0.25, 0.3) is 11.1 Å². The lowest BCUT2D eigenvalue weighted by Crippen LogP contribution is -2.46. The zero-order valence-electron chi connectivity index (χ0n) is 13.2. The fraction of sp³-hybridized carbons (Fsp3) is 0.312. The lowest BCUT2D eigenvalue weighted by molar-refractivity contribution is 0.0915. The van der Waals surface area contributed by atoms with Crippen molar-refractivity contribution in [3.8, 4) is 11.1 Å². The number of nitrogens with two attached hydrogens (primary N) is 1. The van der Waals surface area contributed by atoms with Gasteiger partial charge < -0.3 is 11.1 Å². The van der Waals surface area contributed by atoms with Crippen LogP contribution < -0.4 is 11.1 Å². The van der Waals surface area contributed by atoms with E-state index in [2.05, 4.69) is 15.3 Å². The zero-order chi connectivity index (χ0) is 17.4. The van der Waals surface area contributed by atoms with Gasteiger partial charge in [-0.3, -0.25) is 4.79 Å². The molecule has 1 aliphatic heterocycles. The Morgan fingerprint density at radius 1 is 1.25 bits per heavy atom. The van der Waals surface area contributed by atoms with E-state index in [-0.39, 0.29) is 23.4 Å². The molecule has 1 aromatic carbocycles. The summed E-state index contributed by atoms with van der Waals surface area (Å²) in [5.41, 5.74) is 6.73. The first-order chi connectivity index (χ1) is 11.3. The molecule has 3 N–H and O–H groups in total. The number of hydrogen-bond donors (Lipinski definition) is 2. The van der Waals surface area contributed by atoms with Crippen molar-refractivity contribution in [2.24, 2.45) is 0 Å². The molecule has 0 unspecified atom stereocenters. The number of hydrogen-bond acceptors (Lipinski definition) is 6. The highest BCUT2D eigenvalue weighted by Gasteiger charge is 2.39. The summed E-state index contributed by atoms with van der Waals surface area (Å²) in [5, 5.41) is 2.85. The van der Waals surface area contributed by atoms with E-state index in [4.69, 9.17) is 5.73 Å². The quantitative estimate of drug-likeness (QED) is 0.858. The van der Waals surface area contributed by atoms with Gasteiger partial charge in [0.15, 0.2) is 9.84 Å². The third-order valence-corrected chi connectivity index (χ3v) is 5.95. The van der Waals surface area contributed by atoms with E-state index in [9.17, 15) is 13.2 Å². The summed E-state index contributed by atoms with van der Waals surface area (Å²) in [6.45, 7) is 1.76. The van der Waals surface area contributed by atoms with Gasteiger partial charge in [-0.05, 0) is 31.0 Å². The molecule has 2 aromatic rings. The molecule has 1 atom stereocenters. The molecule has 2 heterocycles. The monoisotopic (exact) mass is 346 g/mol. The summed E-state index contributed by atoms with van der Waals surface area (Å²) in [4.78, 5) is 20.4. The summed E-state index contributed by atoms with van der Waals surface area (Å²) in [6, 6.07) is 7.00. The molecule has 126 valence electrons. The molecule has 1 amide bonds. The maximum Gasteiger partial charge on any atom is 0.251 e. The van der Waals surface area contributed by atoms with E-state index in [0.29, 0.717) is 12.0 Å². The van der Waals surface area contributed by atoms with Crippen LogP contribution in [-0.2, 0) is 9.84 Å². The van der Waals surface area contributed by atoms with E-state index < -0.39 is 15.4 Å². The lowest BCUT2D eigenvalue weighted by atomic mass is 10.0. The molecule has 0 saturated carbocycles. The van der Waals surface area contributed by atoms with E-state index >= 15 is 0 Å². The van der Waals surface area contributed by atoms with Crippen LogP contribution in [-0.4, -0.2) is 41.3 Å². The molecule has 1 aromatic heterocycles. The van der Waals surface area contributed by atoms with Crippen LogP contribution in [0.2, 0.25) is 0 Å². The minimum atomic E-state index is -3.08. The zero-order valence-corrected chi connectivity index (χ0v) is 14.0. The van der Waals surface area contributed by atoms with Gasteiger partial charge in [0.05, 0.1) is 17.0 Å². The van der Waals surface area contributed by atoms with Crippen molar-refractivity contribution < 1.29 is 13.2 Å². The Morgan fingerprint density at radius 2 is 1.96 bits per heavy atom. The molecule has 3 rings (SSSR count). The van der Waals surface area contributed by atoms with Crippen LogP contribution in [0.4, 0.5) is 5.95 Å². The van der Waals surface area contributed by atoms with Crippen molar-refractivity contribution in [3.05, 3.63) is 42.2 Å². The standard InChI is InChI=1S/C16H18N4O3S/c1-16(5-6-24(22,23)10-16)20-14(21)12-4-2-3-11(7-12)13-8-18-15(17)19-9-13/h2-4,7-9H,5-6,10H2,1H3,(H,20,21)(H2,17,18,19)/t16-/m0/s1. The van der Waals surface area contributed by atoms with E-state index in [0.717, 1.165) is 11.1 Å². The minimum absolute atomic E-state index is 0.0305. The van der Waals surface area contributed by atoms with E-state index in [1.54, 1.807) is 37.5 Å². The number of carbonyl (C=O) groups is 1. The van der Waals surface area contributed by atoms with Gasteiger partial charge in [0.1, 0.15) is 0 Å². The second kappa shape index (κ2) is 5.86. The fourth-order valence-electron chi connectivity index (χ4n) is 2.78. The highest BCUT2D eigenvalue weighted by molar-refractivity contribution is 7.91. The van der Waals surface area contributed by atoms with Gasteiger partial charge in [-0.2, -0.15) is 0 Å². The number of carbonyl (C=O) groups excluding carboxylic acids is 1. The number of benzene rings is 1. The third kappa shape index (κ3) is 3.53. The molecule has 1 saturated heterocycles. The van der Waals surface area contributed by atoms with Gasteiger partial charge in [0.2, 0.25) is 5.95 Å². The predicted molar refractivity (Wildman–Crippen MR) is 91.0 cm³/mol. The average Bonchev–Trinajstić information content (AvgIpc) is 2.81. The van der Waals surface area contributed by atoms with Gasteiger partial charge in [0, 0.05) is 23.5 Å². The van der Waals surface area contributed by atoms with Crippen molar-refractivity contribution in [2.45, 2.75) is 18.9 Å². The van der Waals surface area contributed by atoms with Gasteiger partial charge in [-0.15, -0.1) is 0 Å². The Morgan fingerprint density at radius 3 is 2.58 bits per heavy atom. The maximum absolute atomic E-state index is 12.5. The summed E-state index contributed by atoms with van der Waals surface area (Å²) in [5.74, 6) is -0.0417. The van der Waals surface area contributed by atoms with Gasteiger partial charge >= 0.3 is 0 Å². The molecule has 1 fully saturated rings. The van der Waals surface area contributed by atoms with Gasteiger partial charge in [-0.25, -0.2) is 18.4 Å². The summed E-state index contributed by atoms with van der Waals surface area (Å²) in [7, 11) is -3.08. The second-order valence-corrected chi connectivity index (χ2v) is 8.45. The Balaban J connectivity index is 1.81. The Bertz CT molecular complexity index is 880. The number of anilines is 1. The Hall–Kier alpha value is -2.48. The summed E-state index contributed by atoms with van der Waals surface area (Å²) < 4.78 is 23.3. The first-order valence-electron chi connectivity index (χ1n) is 7.47. The van der Waals surface area contributed by atoms with Crippen LogP contribution in [0.15, 0.2) is 36.7 Å². The third-order valence-electron chi connectivity index (χ3n) is 4.05. The molecule has 0 aliphatic carbocycles. The van der Waals surface area contributed by atoms with Crippen molar-refractivity contribution in [1.29, 1.82) is 0 Å². The normalized spacial score (nSPS) is 22.2. The van der Waals surface area contributed by atoms with Crippen LogP contribution >= 0.6 is 0 Å².